The monoisotopic (exact) mass is 707 g/mol. The molecule has 52 heavy (non-hydrogen) atoms. The molecule has 0 aromatic heterocycles. The second-order valence-electron chi connectivity index (χ2n) is 15.8. The van der Waals surface area contributed by atoms with Crippen LogP contribution in [-0.4, -0.2) is 58.3 Å². The second-order valence-corrected chi connectivity index (χ2v) is 15.8. The molecular formula is C44H57N3O5. The van der Waals surface area contributed by atoms with E-state index in [1.165, 1.54) is 24.0 Å². The molecule has 5 N–H and O–H groups in total. The smallest absolute Gasteiger partial charge is 0.307 e. The third kappa shape index (κ3) is 10.3. The summed E-state index contributed by atoms with van der Waals surface area (Å²) >= 11 is 0. The largest absolute Gasteiger partial charge is 0.513 e. The number of aliphatic hydroxyl groups is 1. The van der Waals surface area contributed by atoms with Gasteiger partial charge in [0, 0.05) is 25.6 Å². The highest BCUT2D eigenvalue weighted by atomic mass is 16.4. The van der Waals surface area contributed by atoms with E-state index in [9.17, 15) is 24.9 Å². The van der Waals surface area contributed by atoms with Gasteiger partial charge >= 0.3 is 11.9 Å². The van der Waals surface area contributed by atoms with Gasteiger partial charge in [0.25, 0.3) is 0 Å². The summed E-state index contributed by atoms with van der Waals surface area (Å²) in [6.45, 7) is 9.25. The summed E-state index contributed by atoms with van der Waals surface area (Å²) in [4.78, 5) is 27.0. The van der Waals surface area contributed by atoms with Crippen molar-refractivity contribution in [1.82, 2.24) is 15.5 Å². The van der Waals surface area contributed by atoms with Crippen LogP contribution in [0.2, 0.25) is 0 Å². The fourth-order valence-corrected chi connectivity index (χ4v) is 9.14. The average molecular weight is 708 g/mol. The van der Waals surface area contributed by atoms with Gasteiger partial charge in [-0.25, -0.2) is 0 Å². The molecule has 0 spiro atoms. The minimum Gasteiger partial charge on any atom is -0.513 e. The third-order valence-corrected chi connectivity index (χ3v) is 11.9. The predicted octanol–water partition coefficient (Wildman–Crippen LogP) is 7.02. The minimum atomic E-state index is -0.727. The Kier molecular flexibility index (Phi) is 13.2. The molecule has 3 aromatic carbocycles. The first-order chi connectivity index (χ1) is 25.2. The highest BCUT2D eigenvalue weighted by Crippen LogP contribution is 2.36. The van der Waals surface area contributed by atoms with Crippen LogP contribution < -0.4 is 10.6 Å². The molecule has 8 nitrogen and oxygen atoms in total. The molecule has 278 valence electrons. The van der Waals surface area contributed by atoms with Crippen molar-refractivity contribution < 1.29 is 24.9 Å². The molecule has 5 atom stereocenters. The zero-order chi connectivity index (χ0) is 36.5. The number of rotatable bonds is 18. The van der Waals surface area contributed by atoms with Crippen molar-refractivity contribution in [3.05, 3.63) is 119 Å². The number of nitrogens with zero attached hydrogens (tertiary/aromatic N) is 1. The van der Waals surface area contributed by atoms with Gasteiger partial charge in [0.1, 0.15) is 0 Å². The number of carboxylic acids is 2. The Labute approximate surface area is 309 Å². The molecular weight excluding hydrogens is 650 g/mol. The van der Waals surface area contributed by atoms with Gasteiger partial charge in [-0.2, -0.15) is 0 Å². The maximum absolute atomic E-state index is 12.3. The van der Waals surface area contributed by atoms with Gasteiger partial charge < -0.3 is 26.0 Å². The molecule has 3 aliphatic rings. The number of nitrogens with one attached hydrogen (secondary N) is 2. The summed E-state index contributed by atoms with van der Waals surface area (Å²) in [5.41, 5.74) is 6.76. The van der Waals surface area contributed by atoms with Crippen LogP contribution in [0.5, 0.6) is 0 Å². The Morgan fingerprint density at radius 2 is 0.981 bits per heavy atom. The lowest BCUT2D eigenvalue weighted by Crippen LogP contribution is -2.27. The molecule has 2 saturated heterocycles. The number of allylic oxidation sites excluding steroid dienone is 1. The minimum absolute atomic E-state index is 0.0728. The topological polar surface area (TPSA) is 122 Å². The van der Waals surface area contributed by atoms with E-state index < -0.39 is 23.8 Å². The molecule has 0 bridgehead atoms. The molecule has 0 amide bonds. The summed E-state index contributed by atoms with van der Waals surface area (Å²) in [6, 6.07) is 25.5. The second kappa shape index (κ2) is 18.2. The van der Waals surface area contributed by atoms with Crippen LogP contribution in [0.4, 0.5) is 0 Å². The summed E-state index contributed by atoms with van der Waals surface area (Å²) in [5, 5.41) is 37.4. The fraction of sp³-hybridized carbons (Fsp3) is 0.500. The standard InChI is InChI=1S/C44H57N3O5/c1-30(48)40(37-13-2-3-14-37)22-31-7-4-10-34(19-31)27-47(28-35-11-5-8-32(20-35)23-41(43(49)50)38-15-17-45-25-38)29-36-12-6-9-33(21-36)24-42(44(51)52)39-16-18-46-26-39/h4-12,19-21,37-42,45-46,48H,1-3,13-18,22-29H2,(H,49,50)(H,51,52)/t38-,39-,40+,41-,42-/m0/s1. The van der Waals surface area contributed by atoms with Crippen LogP contribution in [0.25, 0.3) is 0 Å². The van der Waals surface area contributed by atoms with Crippen LogP contribution in [0, 0.1) is 35.5 Å². The van der Waals surface area contributed by atoms with E-state index in [4.69, 9.17) is 0 Å². The van der Waals surface area contributed by atoms with Crippen molar-refractivity contribution in [3.63, 3.8) is 0 Å². The summed E-state index contributed by atoms with van der Waals surface area (Å²) in [7, 11) is 0. The summed E-state index contributed by atoms with van der Waals surface area (Å²) < 4.78 is 0. The molecule has 0 unspecified atom stereocenters. The number of aliphatic carboxylic acids is 2. The van der Waals surface area contributed by atoms with Gasteiger partial charge in [0.15, 0.2) is 0 Å². The van der Waals surface area contributed by atoms with Gasteiger partial charge in [-0.05, 0) is 122 Å². The number of hydrogen-bond acceptors (Lipinski definition) is 6. The SMILES string of the molecule is C=C(O)[C@@H](Cc1cccc(CN(Cc2cccc(C[C@H](C(=O)O)[C@H]3CCNC3)c2)Cc2cccc(C[C@H](C(=O)O)[C@H]3CCNC3)c2)c1)C1CCCC1. The van der Waals surface area contributed by atoms with E-state index in [0.29, 0.717) is 44.2 Å². The first-order valence-electron chi connectivity index (χ1n) is 19.4. The number of benzene rings is 3. The van der Waals surface area contributed by atoms with Gasteiger partial charge in [-0.1, -0.05) is 92.2 Å². The van der Waals surface area contributed by atoms with Crippen molar-refractivity contribution >= 4 is 11.9 Å². The Balaban J connectivity index is 1.22. The summed E-state index contributed by atoms with van der Waals surface area (Å²) in [5.74, 6) is -1.16. The fourth-order valence-electron chi connectivity index (χ4n) is 9.14. The third-order valence-electron chi connectivity index (χ3n) is 11.9. The van der Waals surface area contributed by atoms with Gasteiger partial charge in [0.2, 0.25) is 0 Å². The van der Waals surface area contributed by atoms with Crippen LogP contribution in [0.1, 0.15) is 71.9 Å². The highest BCUT2D eigenvalue weighted by Gasteiger charge is 2.32. The van der Waals surface area contributed by atoms with Gasteiger partial charge in [-0.15, -0.1) is 0 Å². The average Bonchev–Trinajstić information content (AvgIpc) is 3.94. The van der Waals surface area contributed by atoms with Crippen molar-refractivity contribution in [3.8, 4) is 0 Å². The lowest BCUT2D eigenvalue weighted by molar-refractivity contribution is -0.144. The van der Waals surface area contributed by atoms with E-state index in [0.717, 1.165) is 80.5 Å². The molecule has 3 aromatic rings. The van der Waals surface area contributed by atoms with Crippen LogP contribution in [0.15, 0.2) is 85.1 Å². The maximum atomic E-state index is 12.3. The molecule has 1 saturated carbocycles. The maximum Gasteiger partial charge on any atom is 0.307 e. The van der Waals surface area contributed by atoms with E-state index in [1.54, 1.807) is 0 Å². The Hall–Kier alpha value is -3.98. The number of aliphatic hydroxyl groups excluding tert-OH is 1. The molecule has 3 fully saturated rings. The number of carbonyl (C=O) groups is 2. The molecule has 8 heteroatoms. The van der Waals surface area contributed by atoms with Crippen molar-refractivity contribution in [2.45, 2.75) is 77.4 Å². The molecule has 6 rings (SSSR count). The summed E-state index contributed by atoms with van der Waals surface area (Å²) in [6.07, 6.45) is 8.31. The molecule has 2 aliphatic heterocycles. The molecule has 2 heterocycles. The van der Waals surface area contributed by atoms with E-state index in [1.807, 2.05) is 24.3 Å². The van der Waals surface area contributed by atoms with E-state index in [2.05, 4.69) is 70.6 Å². The van der Waals surface area contributed by atoms with Crippen LogP contribution in [-0.2, 0) is 48.5 Å². The number of hydrogen-bond donors (Lipinski definition) is 5. The zero-order valence-corrected chi connectivity index (χ0v) is 30.5. The van der Waals surface area contributed by atoms with Crippen LogP contribution >= 0.6 is 0 Å². The lowest BCUT2D eigenvalue weighted by Gasteiger charge is -2.25. The van der Waals surface area contributed by atoms with Crippen LogP contribution in [0.3, 0.4) is 0 Å². The lowest BCUT2D eigenvalue weighted by atomic mass is 9.84. The van der Waals surface area contributed by atoms with E-state index >= 15 is 0 Å². The highest BCUT2D eigenvalue weighted by molar-refractivity contribution is 5.71. The van der Waals surface area contributed by atoms with Crippen molar-refractivity contribution in [2.75, 3.05) is 26.2 Å². The van der Waals surface area contributed by atoms with Gasteiger partial charge in [0.05, 0.1) is 17.6 Å². The first-order valence-corrected chi connectivity index (χ1v) is 19.4. The number of carboxylic acid groups (broad SMARTS) is 2. The van der Waals surface area contributed by atoms with E-state index in [-0.39, 0.29) is 17.8 Å². The quantitative estimate of drug-likeness (QED) is 0.0896. The van der Waals surface area contributed by atoms with Gasteiger partial charge in [-0.3, -0.25) is 14.5 Å². The normalized spacial score (nSPS) is 20.9. The first kappa shape index (κ1) is 37.8. The Morgan fingerprint density at radius 3 is 1.33 bits per heavy atom. The Morgan fingerprint density at radius 1 is 0.596 bits per heavy atom. The van der Waals surface area contributed by atoms with Crippen molar-refractivity contribution in [1.29, 1.82) is 0 Å². The molecule has 0 radical (unpaired) electrons. The Bertz CT molecular complexity index is 1460. The molecule has 1 aliphatic carbocycles. The zero-order valence-electron chi connectivity index (χ0n) is 30.5. The van der Waals surface area contributed by atoms with Crippen molar-refractivity contribution in [2.24, 2.45) is 35.5 Å². The predicted molar refractivity (Wildman–Crippen MR) is 205 cm³/mol.